The van der Waals surface area contributed by atoms with Gasteiger partial charge in [0.1, 0.15) is 5.75 Å². The van der Waals surface area contributed by atoms with Gasteiger partial charge in [0.15, 0.2) is 5.01 Å². The van der Waals surface area contributed by atoms with Gasteiger partial charge in [-0.1, -0.05) is 4.98 Å². The third-order valence-corrected chi connectivity index (χ3v) is 7.22. The Hall–Kier alpha value is -3.09. The lowest BCUT2D eigenvalue weighted by atomic mass is 10.3. The number of hydrogen-bond acceptors (Lipinski definition) is 9. The van der Waals surface area contributed by atoms with Gasteiger partial charge in [-0.05, 0) is 32.4 Å². The second-order valence-electron chi connectivity index (χ2n) is 9.25. The number of morpholine rings is 1. The molecule has 5 rings (SSSR count). The summed E-state index contributed by atoms with van der Waals surface area (Å²) in [5, 5.41) is 10.1. The minimum absolute atomic E-state index is 0.0935. The van der Waals surface area contributed by atoms with Gasteiger partial charge in [0.05, 0.1) is 49.2 Å². The predicted molar refractivity (Wildman–Crippen MR) is 135 cm³/mol. The van der Waals surface area contributed by atoms with Crippen molar-refractivity contribution < 1.29 is 24.4 Å². The standard InChI is InChI=1S/C24H31N7O4S/c1-16(2)35-17-4-5-19-18(14-17)25-22(36-19)21-26-20(27-23(28-21)30-10-12-34-13-11-30)15-29-6-3-7-31(9-8-29)24(32)33/h4-5,14,16H,3,6-13,15H2,1-2H3,(H,32,33)/p+1. The van der Waals surface area contributed by atoms with Gasteiger partial charge in [-0.25, -0.2) is 14.8 Å². The molecule has 2 fully saturated rings. The first kappa shape index (κ1) is 24.6. The lowest BCUT2D eigenvalue weighted by Gasteiger charge is -2.23. The van der Waals surface area contributed by atoms with Crippen LogP contribution in [0.4, 0.5) is 10.7 Å². The van der Waals surface area contributed by atoms with Crippen LogP contribution in [0, 0.1) is 0 Å². The first-order valence-electron chi connectivity index (χ1n) is 12.4. The van der Waals surface area contributed by atoms with Gasteiger partial charge in [-0.2, -0.15) is 0 Å². The molecule has 1 aromatic carbocycles. The predicted octanol–water partition coefficient (Wildman–Crippen LogP) is 2.38. The second kappa shape index (κ2) is 10.9. The molecule has 2 aromatic heterocycles. The van der Waals surface area contributed by atoms with Crippen molar-refractivity contribution in [3.05, 3.63) is 24.0 Å². The molecule has 2 saturated heterocycles. The molecule has 0 spiro atoms. The van der Waals surface area contributed by atoms with Gasteiger partial charge >= 0.3 is 12.0 Å². The fourth-order valence-electron chi connectivity index (χ4n) is 4.41. The highest BCUT2D eigenvalue weighted by atomic mass is 32.1. The van der Waals surface area contributed by atoms with Crippen LogP contribution in [0.5, 0.6) is 5.75 Å². The molecular formula is C24H32N7O4S+. The molecule has 36 heavy (non-hydrogen) atoms. The summed E-state index contributed by atoms with van der Waals surface area (Å²) in [6.07, 6.45) is 0.0145. The molecule has 0 radical (unpaired) electrons. The molecule has 12 heteroatoms. The molecule has 2 N–H and O–H groups in total. The van der Waals surface area contributed by atoms with Crippen LogP contribution in [-0.4, -0.2) is 94.5 Å². The molecule has 0 atom stereocenters. The summed E-state index contributed by atoms with van der Waals surface area (Å²) >= 11 is 1.58. The number of aromatic nitrogens is 4. The summed E-state index contributed by atoms with van der Waals surface area (Å²) in [5.74, 6) is 2.92. The molecule has 0 saturated carbocycles. The van der Waals surface area contributed by atoms with E-state index in [1.807, 2.05) is 32.0 Å². The number of carbonyl (C=O) groups is 1. The third-order valence-electron chi connectivity index (χ3n) is 6.17. The molecule has 0 bridgehead atoms. The van der Waals surface area contributed by atoms with Gasteiger partial charge < -0.3 is 19.5 Å². The lowest BCUT2D eigenvalue weighted by Crippen LogP contribution is -2.41. The monoisotopic (exact) mass is 514 g/mol. The Kier molecular flexibility index (Phi) is 7.44. The molecule has 3 aromatic rings. The van der Waals surface area contributed by atoms with E-state index >= 15 is 0 Å². The number of fused-ring (bicyclic) bond motifs is 1. The Balaban J connectivity index is 1.44. The number of ether oxygens (including phenoxy) is 2. The first-order valence-corrected chi connectivity index (χ1v) is 13.2. The van der Waals surface area contributed by atoms with Crippen LogP contribution in [0.25, 0.3) is 21.0 Å². The number of nitrogens with one attached hydrogen (secondary N) is 1. The number of rotatable bonds is 6. The number of benzene rings is 1. The lowest BCUT2D eigenvalue weighted by molar-refractivity contribution is -0.360. The van der Waals surface area contributed by atoms with Crippen LogP contribution >= 0.6 is 11.3 Å². The molecule has 192 valence electrons. The quantitative estimate of drug-likeness (QED) is 0.529. The normalized spacial score (nSPS) is 17.5. The van der Waals surface area contributed by atoms with Crippen LogP contribution in [0.3, 0.4) is 0 Å². The molecule has 11 nitrogen and oxygen atoms in total. The smallest absolute Gasteiger partial charge is 0.407 e. The van der Waals surface area contributed by atoms with Gasteiger partial charge in [0.2, 0.25) is 0 Å². The Morgan fingerprint density at radius 3 is 2.75 bits per heavy atom. The maximum atomic E-state index is 11.4. The molecule has 0 aliphatic carbocycles. The molecule has 2 aliphatic rings. The maximum Gasteiger partial charge on any atom is 0.407 e. The highest BCUT2D eigenvalue weighted by Gasteiger charge is 2.26. The number of anilines is 1. The van der Waals surface area contributed by atoms with Crippen molar-refractivity contribution in [1.29, 1.82) is 0 Å². The van der Waals surface area contributed by atoms with Crippen LogP contribution in [0.15, 0.2) is 18.2 Å². The fourth-order valence-corrected chi connectivity index (χ4v) is 5.30. The van der Waals surface area contributed by atoms with Crippen LogP contribution < -0.4 is 14.6 Å². The number of aromatic amines is 1. The van der Waals surface area contributed by atoms with Gasteiger partial charge in [0.25, 0.3) is 11.6 Å². The van der Waals surface area contributed by atoms with E-state index in [1.165, 1.54) is 4.90 Å². The minimum Gasteiger partial charge on any atom is -0.491 e. The highest BCUT2D eigenvalue weighted by Crippen LogP contribution is 2.30. The van der Waals surface area contributed by atoms with E-state index in [9.17, 15) is 9.90 Å². The van der Waals surface area contributed by atoms with Crippen molar-refractivity contribution in [3.63, 3.8) is 0 Å². The van der Waals surface area contributed by atoms with Crippen molar-refractivity contribution in [1.82, 2.24) is 24.8 Å². The Bertz CT molecular complexity index is 1210. The van der Waals surface area contributed by atoms with E-state index in [0.29, 0.717) is 51.0 Å². The second-order valence-corrected chi connectivity index (χ2v) is 10.3. The van der Waals surface area contributed by atoms with Crippen molar-refractivity contribution in [2.24, 2.45) is 0 Å². The van der Waals surface area contributed by atoms with Crippen molar-refractivity contribution in [2.45, 2.75) is 32.9 Å². The third kappa shape index (κ3) is 5.82. The summed E-state index contributed by atoms with van der Waals surface area (Å²) in [6.45, 7) is 9.84. The number of thiazole rings is 1. The van der Waals surface area contributed by atoms with Gasteiger partial charge in [-0.15, -0.1) is 16.3 Å². The average Bonchev–Trinajstić information content (AvgIpc) is 3.15. The summed E-state index contributed by atoms with van der Waals surface area (Å²) in [6, 6.07) is 5.97. The van der Waals surface area contributed by atoms with Crippen molar-refractivity contribution in [2.75, 3.05) is 57.4 Å². The molecule has 0 unspecified atom stereocenters. The SMILES string of the molecule is CC(C)Oc1ccc2sc(-c3nc(CN4CCCN(C(=O)O)CC4)nc(N4CCOCC4)[nH+]3)nc2c1. The fraction of sp³-hybridized carbons (Fsp3) is 0.542. The topological polar surface area (TPSA) is 118 Å². The Labute approximate surface area is 213 Å². The summed E-state index contributed by atoms with van der Waals surface area (Å²) < 4.78 is 12.4. The molecule has 2 aliphatic heterocycles. The summed E-state index contributed by atoms with van der Waals surface area (Å²) in [4.78, 5) is 35.2. The van der Waals surface area contributed by atoms with Crippen molar-refractivity contribution in [3.8, 4) is 16.6 Å². The van der Waals surface area contributed by atoms with Crippen LogP contribution in [-0.2, 0) is 11.3 Å². The van der Waals surface area contributed by atoms with Gasteiger partial charge in [0, 0.05) is 32.2 Å². The molecule has 4 heterocycles. The van der Waals surface area contributed by atoms with E-state index in [4.69, 9.17) is 24.4 Å². The van der Waals surface area contributed by atoms with E-state index in [2.05, 4.69) is 14.8 Å². The van der Waals surface area contributed by atoms with Gasteiger partial charge in [-0.3, -0.25) is 9.80 Å². The van der Waals surface area contributed by atoms with E-state index in [-0.39, 0.29) is 6.10 Å². The van der Waals surface area contributed by atoms with Crippen LogP contribution in [0.1, 0.15) is 26.1 Å². The zero-order valence-corrected chi connectivity index (χ0v) is 21.5. The number of carboxylic acid groups (broad SMARTS) is 1. The Morgan fingerprint density at radius 1 is 1.14 bits per heavy atom. The molecular weight excluding hydrogens is 482 g/mol. The number of nitrogens with zero attached hydrogens (tertiary/aromatic N) is 6. The van der Waals surface area contributed by atoms with E-state index in [0.717, 1.165) is 53.0 Å². The van der Waals surface area contributed by atoms with E-state index in [1.54, 1.807) is 11.3 Å². The highest BCUT2D eigenvalue weighted by molar-refractivity contribution is 7.21. The number of H-pyrrole nitrogens is 1. The summed E-state index contributed by atoms with van der Waals surface area (Å²) in [7, 11) is 0. The number of amides is 1. The maximum absolute atomic E-state index is 11.4. The van der Waals surface area contributed by atoms with E-state index < -0.39 is 6.09 Å². The molecule has 1 amide bonds. The zero-order valence-electron chi connectivity index (χ0n) is 20.6. The largest absolute Gasteiger partial charge is 0.491 e. The average molecular weight is 515 g/mol. The number of hydrogen-bond donors (Lipinski definition) is 1. The van der Waals surface area contributed by atoms with Crippen LogP contribution in [0.2, 0.25) is 0 Å². The van der Waals surface area contributed by atoms with Crippen molar-refractivity contribution >= 4 is 33.6 Å². The summed E-state index contributed by atoms with van der Waals surface area (Å²) in [5.41, 5.74) is 0.871. The Morgan fingerprint density at radius 2 is 1.97 bits per heavy atom. The minimum atomic E-state index is -0.864. The first-order chi connectivity index (χ1) is 17.4. The zero-order chi connectivity index (χ0) is 25.1.